The number of rotatable bonds is 16. The van der Waals surface area contributed by atoms with Crippen LogP contribution in [0.2, 0.25) is 0 Å². The van der Waals surface area contributed by atoms with Crippen LogP contribution in [0.25, 0.3) is 0 Å². The first kappa shape index (κ1) is 22.4. The molecule has 0 aliphatic carbocycles. The first-order valence-electron chi connectivity index (χ1n) is 10.9. The maximum atomic E-state index is 5.99. The van der Waals surface area contributed by atoms with E-state index in [0.29, 0.717) is 6.17 Å². The van der Waals surface area contributed by atoms with Crippen LogP contribution in [0.4, 0.5) is 0 Å². The van der Waals surface area contributed by atoms with Gasteiger partial charge < -0.3 is 5.73 Å². The van der Waals surface area contributed by atoms with Gasteiger partial charge in [-0.15, -0.1) is 0 Å². The Kier molecular flexibility index (Phi) is 13.9. The van der Waals surface area contributed by atoms with E-state index in [9.17, 15) is 0 Å². The fourth-order valence-corrected chi connectivity index (χ4v) is 3.55. The number of hydrogen-bond acceptors (Lipinski definition) is 3. The summed E-state index contributed by atoms with van der Waals surface area (Å²) in [5.74, 6) is 0. The number of nitrogens with zero attached hydrogens (tertiary/aromatic N) is 2. The van der Waals surface area contributed by atoms with Crippen LogP contribution in [0.1, 0.15) is 104 Å². The zero-order valence-electron chi connectivity index (χ0n) is 17.0. The molecule has 0 aromatic carbocycles. The van der Waals surface area contributed by atoms with Crippen molar-refractivity contribution in [1.82, 2.24) is 4.90 Å². The number of unbranched alkanes of at least 4 members (excludes halogenated alkanes) is 11. The molecule has 0 saturated carbocycles. The third-order valence-corrected chi connectivity index (χ3v) is 5.20. The minimum absolute atomic E-state index is 0.123. The van der Waals surface area contributed by atoms with E-state index >= 15 is 0 Å². The quantitative estimate of drug-likeness (QED) is 0.272. The molecule has 3 heteroatoms. The van der Waals surface area contributed by atoms with E-state index in [-0.39, 0.29) is 6.17 Å². The van der Waals surface area contributed by atoms with Crippen LogP contribution >= 0.6 is 0 Å². The van der Waals surface area contributed by atoms with Crippen LogP contribution in [0.5, 0.6) is 0 Å². The lowest BCUT2D eigenvalue weighted by Crippen LogP contribution is -2.43. The summed E-state index contributed by atoms with van der Waals surface area (Å²) in [6.45, 7) is 5.26. The normalized spacial score (nSPS) is 19.2. The Labute approximate surface area is 157 Å². The van der Waals surface area contributed by atoms with E-state index in [1.807, 2.05) is 6.21 Å². The third-order valence-electron chi connectivity index (χ3n) is 5.20. The molecule has 0 aromatic heterocycles. The summed E-state index contributed by atoms with van der Waals surface area (Å²) in [6, 6.07) is 0. The van der Waals surface area contributed by atoms with Gasteiger partial charge in [-0.25, -0.2) is 0 Å². The number of aliphatic imine (C=N–C) groups is 1. The highest BCUT2D eigenvalue weighted by Crippen LogP contribution is 2.17. The van der Waals surface area contributed by atoms with Gasteiger partial charge in [-0.3, -0.25) is 9.89 Å². The second-order valence-corrected chi connectivity index (χ2v) is 7.62. The molecule has 2 unspecified atom stereocenters. The molecule has 1 heterocycles. The van der Waals surface area contributed by atoms with Gasteiger partial charge in [0.25, 0.3) is 0 Å². The molecule has 0 fully saturated rings. The number of nitrogens with two attached hydrogens (primary N) is 1. The second-order valence-electron chi connectivity index (χ2n) is 7.62. The van der Waals surface area contributed by atoms with Crippen molar-refractivity contribution in [1.29, 1.82) is 0 Å². The molecule has 0 aromatic rings. The largest absolute Gasteiger partial charge is 0.316 e. The van der Waals surface area contributed by atoms with Crippen LogP contribution < -0.4 is 5.73 Å². The fraction of sp³-hybridized carbons (Fsp3) is 0.864. The molecular weight excluding hydrogens is 306 g/mol. The van der Waals surface area contributed by atoms with Crippen LogP contribution in [0, 0.1) is 0 Å². The topological polar surface area (TPSA) is 41.6 Å². The Morgan fingerprint density at radius 3 is 2.12 bits per heavy atom. The Hall–Kier alpha value is -0.670. The average Bonchev–Trinajstić information content (AvgIpc) is 3.07. The van der Waals surface area contributed by atoms with Crippen LogP contribution in [-0.4, -0.2) is 30.0 Å². The highest BCUT2D eigenvalue weighted by Gasteiger charge is 2.22. The van der Waals surface area contributed by atoms with Crippen LogP contribution in [0.3, 0.4) is 0 Å². The van der Waals surface area contributed by atoms with Gasteiger partial charge in [0.2, 0.25) is 0 Å². The van der Waals surface area contributed by atoms with Gasteiger partial charge in [0, 0.05) is 12.8 Å². The minimum Gasteiger partial charge on any atom is -0.316 e. The van der Waals surface area contributed by atoms with Crippen LogP contribution in [-0.2, 0) is 0 Å². The van der Waals surface area contributed by atoms with E-state index in [4.69, 9.17) is 5.73 Å². The predicted molar refractivity (Wildman–Crippen MR) is 112 cm³/mol. The third kappa shape index (κ3) is 11.5. The maximum absolute atomic E-state index is 5.99. The van der Waals surface area contributed by atoms with Gasteiger partial charge in [0.1, 0.15) is 6.17 Å². The van der Waals surface area contributed by atoms with E-state index < -0.39 is 0 Å². The summed E-state index contributed by atoms with van der Waals surface area (Å²) in [4.78, 5) is 6.85. The van der Waals surface area contributed by atoms with Crippen molar-refractivity contribution in [2.24, 2.45) is 10.7 Å². The minimum atomic E-state index is 0.123. The van der Waals surface area contributed by atoms with E-state index in [1.165, 1.54) is 89.9 Å². The van der Waals surface area contributed by atoms with Crippen molar-refractivity contribution < 1.29 is 0 Å². The van der Waals surface area contributed by atoms with Crippen molar-refractivity contribution in [3.05, 3.63) is 12.2 Å². The van der Waals surface area contributed by atoms with Gasteiger partial charge >= 0.3 is 0 Å². The molecule has 0 radical (unpaired) electrons. The standard InChI is InChI=1S/C22H43N3/c1-3-4-5-6-7-8-9-10-11-12-13-14-15-16-17-18-22-24-19-20-25(22)21(2)23/h8-9,19,21-22H,3-7,10-18,20,23H2,1-2H3/b9-8+. The van der Waals surface area contributed by atoms with Crippen molar-refractivity contribution in [3.8, 4) is 0 Å². The molecule has 2 atom stereocenters. The molecule has 0 saturated heterocycles. The molecule has 146 valence electrons. The van der Waals surface area contributed by atoms with E-state index in [2.05, 4.69) is 35.9 Å². The van der Waals surface area contributed by atoms with Gasteiger partial charge in [0.05, 0.1) is 6.17 Å². The molecule has 0 amide bonds. The summed E-state index contributed by atoms with van der Waals surface area (Å²) < 4.78 is 0. The van der Waals surface area contributed by atoms with Crippen LogP contribution in [0.15, 0.2) is 17.1 Å². The summed E-state index contributed by atoms with van der Waals surface area (Å²) >= 11 is 0. The second kappa shape index (κ2) is 15.6. The van der Waals surface area contributed by atoms with Crippen molar-refractivity contribution in [2.45, 2.75) is 116 Å². The highest BCUT2D eigenvalue weighted by molar-refractivity contribution is 5.62. The molecule has 1 aliphatic rings. The van der Waals surface area contributed by atoms with Crippen molar-refractivity contribution in [2.75, 3.05) is 6.54 Å². The monoisotopic (exact) mass is 349 g/mol. The SMILES string of the molecule is CCCCCC/C=C/CCCCCCCCCC1N=CCN1C(C)N. The first-order chi connectivity index (χ1) is 12.3. The Bertz CT molecular complexity index is 349. The van der Waals surface area contributed by atoms with Gasteiger partial charge in [-0.05, 0) is 45.4 Å². The summed E-state index contributed by atoms with van der Waals surface area (Å²) in [6.07, 6.45) is 26.1. The molecule has 25 heavy (non-hydrogen) atoms. The average molecular weight is 350 g/mol. The number of allylic oxidation sites excluding steroid dienone is 2. The molecule has 1 rings (SSSR count). The zero-order chi connectivity index (χ0) is 18.2. The van der Waals surface area contributed by atoms with Gasteiger partial charge in [-0.1, -0.05) is 70.4 Å². The van der Waals surface area contributed by atoms with E-state index in [0.717, 1.165) is 6.54 Å². The molecule has 3 nitrogen and oxygen atoms in total. The van der Waals surface area contributed by atoms with Gasteiger partial charge in [0.15, 0.2) is 0 Å². The lowest BCUT2D eigenvalue weighted by molar-refractivity contribution is 0.182. The Morgan fingerprint density at radius 1 is 0.960 bits per heavy atom. The smallest absolute Gasteiger partial charge is 0.103 e. The summed E-state index contributed by atoms with van der Waals surface area (Å²) in [7, 11) is 0. The Balaban J connectivity index is 1.82. The lowest BCUT2D eigenvalue weighted by Gasteiger charge is -2.26. The Morgan fingerprint density at radius 2 is 1.52 bits per heavy atom. The summed E-state index contributed by atoms with van der Waals surface area (Å²) in [5, 5.41) is 0. The fourth-order valence-electron chi connectivity index (χ4n) is 3.55. The molecule has 0 bridgehead atoms. The van der Waals surface area contributed by atoms with Gasteiger partial charge in [-0.2, -0.15) is 0 Å². The molecule has 0 spiro atoms. The molecule has 2 N–H and O–H groups in total. The zero-order valence-corrected chi connectivity index (χ0v) is 17.0. The molecule has 1 aliphatic heterocycles. The van der Waals surface area contributed by atoms with Crippen molar-refractivity contribution in [3.63, 3.8) is 0 Å². The first-order valence-corrected chi connectivity index (χ1v) is 10.9. The van der Waals surface area contributed by atoms with E-state index in [1.54, 1.807) is 0 Å². The summed E-state index contributed by atoms with van der Waals surface area (Å²) in [5.41, 5.74) is 5.99. The van der Waals surface area contributed by atoms with Crippen molar-refractivity contribution >= 4 is 6.21 Å². The number of hydrogen-bond donors (Lipinski definition) is 1. The molecular formula is C22H43N3. The lowest BCUT2D eigenvalue weighted by atomic mass is 10.1. The predicted octanol–water partition coefficient (Wildman–Crippen LogP) is 6.04. The maximum Gasteiger partial charge on any atom is 0.103 e. The highest BCUT2D eigenvalue weighted by atomic mass is 15.3.